The Kier molecular flexibility index (Phi) is 8.83. The van der Waals surface area contributed by atoms with Crippen molar-refractivity contribution < 1.29 is 27.5 Å². The van der Waals surface area contributed by atoms with Gasteiger partial charge in [-0.2, -0.15) is 18.4 Å². The van der Waals surface area contributed by atoms with Gasteiger partial charge in [0, 0.05) is 50.4 Å². The molecule has 3 N–H and O–H groups in total. The number of nitriles is 1. The normalized spacial score (nSPS) is 25.5. The summed E-state index contributed by atoms with van der Waals surface area (Å²) in [7, 11) is 0. The Morgan fingerprint density at radius 2 is 2.03 bits per heavy atom. The molecule has 3 atom stereocenters. The fraction of sp³-hybridized carbons (Fsp3) is 0.667. The zero-order valence-electron chi connectivity index (χ0n) is 20.5. The molecule has 2 unspecified atom stereocenters. The van der Waals surface area contributed by atoms with Crippen molar-refractivity contribution in [2.75, 3.05) is 44.3 Å². The summed E-state index contributed by atoms with van der Waals surface area (Å²) in [5.41, 5.74) is 5.17. The van der Waals surface area contributed by atoms with Crippen LogP contribution in [0.1, 0.15) is 37.7 Å². The third-order valence-corrected chi connectivity index (χ3v) is 7.24. The average Bonchev–Trinajstić information content (AvgIpc) is 3.35. The molecule has 0 aromatic carbocycles. The van der Waals surface area contributed by atoms with Crippen molar-refractivity contribution in [2.45, 2.75) is 56.4 Å². The number of hydrogen-bond donors (Lipinski definition) is 3. The van der Waals surface area contributed by atoms with Crippen molar-refractivity contribution in [1.82, 2.24) is 26.1 Å². The van der Waals surface area contributed by atoms with E-state index >= 15 is 0 Å². The van der Waals surface area contributed by atoms with E-state index < -0.39 is 24.0 Å². The highest BCUT2D eigenvalue weighted by Gasteiger charge is 2.54. The smallest absolute Gasteiger partial charge is 0.379 e. The molecule has 2 amide bonds. The summed E-state index contributed by atoms with van der Waals surface area (Å²) in [6, 6.07) is 4.44. The van der Waals surface area contributed by atoms with Crippen molar-refractivity contribution in [3.05, 3.63) is 23.9 Å². The lowest BCUT2D eigenvalue weighted by molar-refractivity contribution is -0.201. The van der Waals surface area contributed by atoms with Gasteiger partial charge < -0.3 is 15.0 Å². The van der Waals surface area contributed by atoms with Gasteiger partial charge in [-0.05, 0) is 44.4 Å². The van der Waals surface area contributed by atoms with E-state index in [0.717, 1.165) is 38.2 Å². The lowest BCUT2D eigenvalue weighted by atomic mass is 9.94. The number of alkyl halides is 3. The van der Waals surface area contributed by atoms with Crippen molar-refractivity contribution >= 4 is 17.6 Å². The first kappa shape index (κ1) is 27.1. The Bertz CT molecular complexity index is 977. The van der Waals surface area contributed by atoms with Crippen LogP contribution in [0.4, 0.5) is 19.0 Å². The second-order valence-electron chi connectivity index (χ2n) is 9.66. The number of rotatable bonds is 8. The van der Waals surface area contributed by atoms with Crippen molar-refractivity contribution in [1.29, 1.82) is 5.26 Å². The molecule has 3 aliphatic rings. The number of aromatic nitrogens is 1. The standard InChI is InChI=1S/C24H32F3N7O3/c25-24(26,27)22-19(14-30-32-23(22)36)34-8-1-2-18(34)15-37-11-7-21(35)31-17-5-9-33(10-6-17)20-4-3-16(12-28)13-29-20/h3-4,13,17-19,22,30H,1-2,5-11,14-15H2,(H,31,35)(H,32,36)/t18-,19?,22?/m0/s1. The summed E-state index contributed by atoms with van der Waals surface area (Å²) < 4.78 is 46.3. The van der Waals surface area contributed by atoms with Gasteiger partial charge in [-0.1, -0.05) is 0 Å². The van der Waals surface area contributed by atoms with E-state index in [1.54, 1.807) is 17.2 Å². The quantitative estimate of drug-likeness (QED) is 0.433. The van der Waals surface area contributed by atoms with Crippen LogP contribution in [-0.4, -0.2) is 85.4 Å². The highest BCUT2D eigenvalue weighted by Crippen LogP contribution is 2.35. The molecule has 0 saturated carbocycles. The number of pyridine rings is 1. The van der Waals surface area contributed by atoms with Gasteiger partial charge in [0.25, 0.3) is 0 Å². The molecule has 4 heterocycles. The highest BCUT2D eigenvalue weighted by molar-refractivity contribution is 5.80. The molecule has 4 rings (SSSR count). The minimum Gasteiger partial charge on any atom is -0.379 e. The number of ether oxygens (including phenoxy) is 1. The molecule has 0 bridgehead atoms. The molecule has 3 saturated heterocycles. The van der Waals surface area contributed by atoms with Crippen LogP contribution in [0.25, 0.3) is 0 Å². The zero-order valence-corrected chi connectivity index (χ0v) is 20.5. The van der Waals surface area contributed by atoms with Gasteiger partial charge in [0.2, 0.25) is 11.8 Å². The number of nitrogens with one attached hydrogen (secondary N) is 3. The van der Waals surface area contributed by atoms with Crippen LogP contribution in [0.2, 0.25) is 0 Å². The van der Waals surface area contributed by atoms with Gasteiger partial charge in [-0.25, -0.2) is 10.4 Å². The maximum absolute atomic E-state index is 13.5. The molecule has 3 fully saturated rings. The van der Waals surface area contributed by atoms with Gasteiger partial charge in [0.15, 0.2) is 5.92 Å². The number of likely N-dealkylation sites (tertiary alicyclic amines) is 1. The summed E-state index contributed by atoms with van der Waals surface area (Å²) in [6.45, 7) is 2.35. The van der Waals surface area contributed by atoms with E-state index in [0.29, 0.717) is 18.5 Å². The fourth-order valence-electron chi connectivity index (χ4n) is 5.34. The van der Waals surface area contributed by atoms with Crippen molar-refractivity contribution in [2.24, 2.45) is 5.92 Å². The first-order valence-electron chi connectivity index (χ1n) is 12.6. The van der Waals surface area contributed by atoms with Gasteiger partial charge in [-0.3, -0.25) is 19.9 Å². The van der Waals surface area contributed by atoms with Crippen LogP contribution >= 0.6 is 0 Å². The molecule has 1 aromatic heterocycles. The monoisotopic (exact) mass is 523 g/mol. The predicted molar refractivity (Wildman–Crippen MR) is 127 cm³/mol. The molecule has 1 aromatic rings. The largest absolute Gasteiger partial charge is 0.402 e. The number of hydrazine groups is 1. The molecule has 0 aliphatic carbocycles. The average molecular weight is 524 g/mol. The minimum absolute atomic E-state index is 0.00881. The molecular weight excluding hydrogens is 491 g/mol. The summed E-state index contributed by atoms with van der Waals surface area (Å²) in [4.78, 5) is 32.5. The van der Waals surface area contributed by atoms with Gasteiger partial charge in [0.05, 0.1) is 18.8 Å². The summed E-state index contributed by atoms with van der Waals surface area (Å²) in [6.07, 6.45) is 0.0462. The topological polar surface area (TPSA) is 123 Å². The van der Waals surface area contributed by atoms with Crippen LogP contribution in [0, 0.1) is 17.2 Å². The lowest BCUT2D eigenvalue weighted by Gasteiger charge is -2.40. The van der Waals surface area contributed by atoms with Crippen LogP contribution in [0.5, 0.6) is 0 Å². The van der Waals surface area contributed by atoms with Crippen LogP contribution in [0.15, 0.2) is 18.3 Å². The van der Waals surface area contributed by atoms with E-state index in [1.807, 2.05) is 12.1 Å². The van der Waals surface area contributed by atoms with E-state index in [4.69, 9.17) is 10.00 Å². The predicted octanol–water partition coefficient (Wildman–Crippen LogP) is 1.09. The van der Waals surface area contributed by atoms with Gasteiger partial charge in [0.1, 0.15) is 11.9 Å². The van der Waals surface area contributed by atoms with Gasteiger partial charge >= 0.3 is 6.18 Å². The summed E-state index contributed by atoms with van der Waals surface area (Å²) >= 11 is 0. The lowest BCUT2D eigenvalue weighted by Crippen LogP contribution is -2.65. The molecule has 0 spiro atoms. The van der Waals surface area contributed by atoms with Crippen LogP contribution in [0.3, 0.4) is 0 Å². The van der Waals surface area contributed by atoms with Crippen LogP contribution in [-0.2, 0) is 14.3 Å². The number of anilines is 1. The van der Waals surface area contributed by atoms with Gasteiger partial charge in [-0.15, -0.1) is 0 Å². The summed E-state index contributed by atoms with van der Waals surface area (Å²) in [5.74, 6) is -2.46. The van der Waals surface area contributed by atoms with Crippen LogP contribution < -0.4 is 21.1 Å². The second-order valence-corrected chi connectivity index (χ2v) is 9.66. The number of carbonyl (C=O) groups excluding carboxylic acids is 2. The Hall–Kier alpha value is -2.95. The number of hydrogen-bond acceptors (Lipinski definition) is 8. The van der Waals surface area contributed by atoms with E-state index in [9.17, 15) is 22.8 Å². The molecule has 10 nitrogen and oxygen atoms in total. The first-order chi connectivity index (χ1) is 17.8. The third-order valence-electron chi connectivity index (χ3n) is 7.24. The number of nitrogens with zero attached hydrogens (tertiary/aromatic N) is 4. The fourth-order valence-corrected chi connectivity index (χ4v) is 5.34. The molecule has 202 valence electrons. The van der Waals surface area contributed by atoms with Crippen molar-refractivity contribution in [3.63, 3.8) is 0 Å². The van der Waals surface area contributed by atoms with E-state index in [1.165, 1.54) is 0 Å². The number of piperidine rings is 1. The molecule has 13 heteroatoms. The Morgan fingerprint density at radius 1 is 1.24 bits per heavy atom. The number of amides is 2. The Balaban J connectivity index is 1.16. The molecule has 37 heavy (non-hydrogen) atoms. The molecule has 3 aliphatic heterocycles. The third kappa shape index (κ3) is 6.88. The SMILES string of the molecule is N#Cc1ccc(N2CCC(NC(=O)CCOC[C@@H]3CCCN3C3CNNC(=O)C3C(F)(F)F)CC2)nc1. The summed E-state index contributed by atoms with van der Waals surface area (Å²) in [5, 5.41) is 11.9. The Morgan fingerprint density at radius 3 is 2.70 bits per heavy atom. The maximum Gasteiger partial charge on any atom is 0.402 e. The number of halogens is 3. The Labute approximate surface area is 213 Å². The first-order valence-corrected chi connectivity index (χ1v) is 12.6. The zero-order chi connectivity index (χ0) is 26.4. The highest BCUT2D eigenvalue weighted by atomic mass is 19.4. The molecule has 0 radical (unpaired) electrons. The minimum atomic E-state index is -4.63. The van der Waals surface area contributed by atoms with Crippen molar-refractivity contribution in [3.8, 4) is 6.07 Å². The number of carbonyl (C=O) groups is 2. The molecular formula is C24H32F3N7O3. The maximum atomic E-state index is 13.5. The second kappa shape index (κ2) is 12.1. The van der Waals surface area contributed by atoms with E-state index in [2.05, 4.69) is 26.1 Å². The van der Waals surface area contributed by atoms with E-state index in [-0.39, 0.29) is 44.2 Å².